The normalized spacial score (nSPS) is 17.1. The molecule has 0 spiro atoms. The van der Waals surface area contributed by atoms with Crippen molar-refractivity contribution in [1.29, 1.82) is 0 Å². The number of nitrogens with zero attached hydrogens (tertiary/aromatic N) is 2. The van der Waals surface area contributed by atoms with Crippen LogP contribution in [-0.4, -0.2) is 25.5 Å². The van der Waals surface area contributed by atoms with E-state index in [1.165, 1.54) is 16.7 Å². The van der Waals surface area contributed by atoms with Crippen molar-refractivity contribution in [2.45, 2.75) is 12.0 Å². The predicted octanol–water partition coefficient (Wildman–Crippen LogP) is 2.91. The predicted molar refractivity (Wildman–Crippen MR) is 107 cm³/mol. The van der Waals surface area contributed by atoms with Crippen molar-refractivity contribution in [2.75, 3.05) is 0 Å². The van der Waals surface area contributed by atoms with Crippen LogP contribution in [0.1, 0.15) is 28.2 Å². The van der Waals surface area contributed by atoms with E-state index in [0.29, 0.717) is 22.2 Å². The molecule has 2 N–H and O–H groups in total. The van der Waals surface area contributed by atoms with Gasteiger partial charge in [0.25, 0.3) is 5.56 Å². The lowest BCUT2D eigenvalue weighted by molar-refractivity contribution is 0.0560. The van der Waals surface area contributed by atoms with Crippen LogP contribution in [0.15, 0.2) is 77.6 Å². The summed E-state index contributed by atoms with van der Waals surface area (Å²) in [6, 6.07) is 20.0. The number of Topliss-reactive ketones (excluding diaryl/α,β-unsaturated/α-hetero) is 1. The summed E-state index contributed by atoms with van der Waals surface area (Å²) in [5.41, 5.74) is -0.602. The van der Waals surface area contributed by atoms with Crippen molar-refractivity contribution in [3.63, 3.8) is 0 Å². The SMILES string of the molecule is O=C(CC1(O)c2ccccc2-n2c1nc1ccccc1c2=O)c1ccccc1O. The quantitative estimate of drug-likeness (QED) is 0.530. The van der Waals surface area contributed by atoms with Crippen LogP contribution in [0.4, 0.5) is 0 Å². The van der Waals surface area contributed by atoms with Crippen molar-refractivity contribution in [2.24, 2.45) is 0 Å². The summed E-state index contributed by atoms with van der Waals surface area (Å²) in [6.45, 7) is 0. The van der Waals surface area contributed by atoms with Gasteiger partial charge in [-0.2, -0.15) is 0 Å². The molecule has 1 aliphatic rings. The van der Waals surface area contributed by atoms with Crippen molar-refractivity contribution in [3.8, 4) is 11.4 Å². The Morgan fingerprint density at radius 1 is 0.966 bits per heavy atom. The number of phenols is 1. The molecule has 0 aliphatic carbocycles. The van der Waals surface area contributed by atoms with Gasteiger partial charge in [0.2, 0.25) is 0 Å². The van der Waals surface area contributed by atoms with Gasteiger partial charge in [0.05, 0.1) is 28.6 Å². The van der Waals surface area contributed by atoms with Gasteiger partial charge in [-0.1, -0.05) is 42.5 Å². The number of para-hydroxylation sites is 3. The molecule has 0 fully saturated rings. The summed E-state index contributed by atoms with van der Waals surface area (Å²) in [4.78, 5) is 30.7. The standard InChI is InChI=1S/C23H16N2O4/c26-19-12-6-2-8-15(19)20(27)13-23(29)16-9-3-5-11-18(16)25-21(28)14-7-1-4-10-17(14)24-22(23)25/h1-12,26,29H,13H2. The van der Waals surface area contributed by atoms with Gasteiger partial charge in [-0.05, 0) is 30.3 Å². The number of hydrogen-bond donors (Lipinski definition) is 2. The van der Waals surface area contributed by atoms with Crippen LogP contribution in [0.2, 0.25) is 0 Å². The monoisotopic (exact) mass is 384 g/mol. The molecule has 1 unspecified atom stereocenters. The van der Waals surface area contributed by atoms with E-state index in [9.17, 15) is 19.8 Å². The average Bonchev–Trinajstić information content (AvgIpc) is 2.97. The van der Waals surface area contributed by atoms with E-state index >= 15 is 0 Å². The molecule has 142 valence electrons. The minimum absolute atomic E-state index is 0.103. The van der Waals surface area contributed by atoms with E-state index < -0.39 is 11.4 Å². The molecular weight excluding hydrogens is 368 g/mol. The van der Waals surface area contributed by atoms with Crippen LogP contribution >= 0.6 is 0 Å². The first-order valence-corrected chi connectivity index (χ1v) is 9.16. The van der Waals surface area contributed by atoms with E-state index in [0.717, 1.165) is 0 Å². The Labute approximate surface area is 165 Å². The molecule has 29 heavy (non-hydrogen) atoms. The number of carbonyl (C=O) groups is 1. The zero-order valence-corrected chi connectivity index (χ0v) is 15.2. The van der Waals surface area contributed by atoms with E-state index in [1.807, 2.05) is 0 Å². The molecule has 1 atom stereocenters. The van der Waals surface area contributed by atoms with Gasteiger partial charge in [0.15, 0.2) is 17.2 Å². The molecule has 0 amide bonds. The Balaban J connectivity index is 1.75. The largest absolute Gasteiger partial charge is 0.507 e. The smallest absolute Gasteiger partial charge is 0.266 e. The number of benzene rings is 3. The van der Waals surface area contributed by atoms with Crippen LogP contribution in [0.5, 0.6) is 5.75 Å². The van der Waals surface area contributed by atoms with Crippen LogP contribution in [0.3, 0.4) is 0 Å². The van der Waals surface area contributed by atoms with E-state index in [1.54, 1.807) is 60.7 Å². The molecule has 0 radical (unpaired) electrons. The van der Waals surface area contributed by atoms with Gasteiger partial charge >= 0.3 is 0 Å². The lowest BCUT2D eigenvalue weighted by atomic mass is 9.87. The highest BCUT2D eigenvalue weighted by molar-refractivity contribution is 5.99. The Bertz CT molecular complexity index is 1360. The second-order valence-electron chi connectivity index (χ2n) is 7.09. The third-order valence-electron chi connectivity index (χ3n) is 5.36. The molecule has 3 aromatic carbocycles. The molecule has 1 aromatic heterocycles. The number of ketones is 1. The number of phenolic OH excluding ortho intramolecular Hbond substituents is 1. The van der Waals surface area contributed by atoms with Crippen molar-refractivity contribution in [1.82, 2.24) is 9.55 Å². The number of carbonyl (C=O) groups excluding carboxylic acids is 1. The summed E-state index contributed by atoms with van der Waals surface area (Å²) in [5.74, 6) is -0.501. The number of aromatic nitrogens is 2. The highest BCUT2D eigenvalue weighted by Gasteiger charge is 2.46. The molecule has 0 saturated heterocycles. The molecule has 4 aromatic rings. The molecule has 6 nitrogen and oxygen atoms in total. The second kappa shape index (κ2) is 6.12. The number of fused-ring (bicyclic) bond motifs is 4. The summed E-state index contributed by atoms with van der Waals surface area (Å²) in [6.07, 6.45) is -0.355. The first-order valence-electron chi connectivity index (χ1n) is 9.16. The highest BCUT2D eigenvalue weighted by Crippen LogP contribution is 2.42. The van der Waals surface area contributed by atoms with Crippen LogP contribution in [-0.2, 0) is 5.60 Å². The third kappa shape index (κ3) is 2.43. The summed E-state index contributed by atoms with van der Waals surface area (Å²) in [5, 5.41) is 22.2. The van der Waals surface area contributed by atoms with Gasteiger partial charge < -0.3 is 10.2 Å². The zero-order chi connectivity index (χ0) is 20.2. The molecule has 2 heterocycles. The van der Waals surface area contributed by atoms with E-state index in [-0.39, 0.29) is 29.1 Å². The van der Waals surface area contributed by atoms with E-state index in [2.05, 4.69) is 4.98 Å². The highest BCUT2D eigenvalue weighted by atomic mass is 16.3. The molecular formula is C23H16N2O4. The maximum Gasteiger partial charge on any atom is 0.266 e. The van der Waals surface area contributed by atoms with Gasteiger partial charge in [0, 0.05) is 5.56 Å². The second-order valence-corrected chi connectivity index (χ2v) is 7.09. The maximum atomic E-state index is 13.2. The number of hydrogen-bond acceptors (Lipinski definition) is 5. The molecule has 0 bridgehead atoms. The topological polar surface area (TPSA) is 92.4 Å². The number of rotatable bonds is 3. The number of aliphatic hydroxyl groups is 1. The lowest BCUT2D eigenvalue weighted by Gasteiger charge is -2.23. The average molecular weight is 384 g/mol. The van der Waals surface area contributed by atoms with Gasteiger partial charge in [-0.25, -0.2) is 4.98 Å². The van der Waals surface area contributed by atoms with Crippen LogP contribution in [0.25, 0.3) is 16.6 Å². The van der Waals surface area contributed by atoms with Gasteiger partial charge in [-0.15, -0.1) is 0 Å². The Morgan fingerprint density at radius 3 is 2.48 bits per heavy atom. The van der Waals surface area contributed by atoms with Crippen molar-refractivity contribution < 1.29 is 15.0 Å². The Morgan fingerprint density at radius 2 is 1.66 bits per heavy atom. The van der Waals surface area contributed by atoms with Crippen LogP contribution < -0.4 is 5.56 Å². The minimum atomic E-state index is -1.79. The molecule has 1 aliphatic heterocycles. The van der Waals surface area contributed by atoms with Gasteiger partial charge in [0.1, 0.15) is 5.75 Å². The fourth-order valence-corrected chi connectivity index (χ4v) is 3.98. The summed E-state index contributed by atoms with van der Waals surface area (Å²) < 4.78 is 1.37. The first-order chi connectivity index (χ1) is 14.0. The molecule has 5 rings (SSSR count). The zero-order valence-electron chi connectivity index (χ0n) is 15.2. The summed E-state index contributed by atoms with van der Waals surface area (Å²) in [7, 11) is 0. The van der Waals surface area contributed by atoms with Crippen molar-refractivity contribution >= 4 is 16.7 Å². The van der Waals surface area contributed by atoms with Crippen molar-refractivity contribution in [3.05, 3.63) is 100 Å². The number of aromatic hydroxyl groups is 1. The lowest BCUT2D eigenvalue weighted by Crippen LogP contribution is -2.32. The van der Waals surface area contributed by atoms with E-state index in [4.69, 9.17) is 0 Å². The van der Waals surface area contributed by atoms with Gasteiger partial charge in [-0.3, -0.25) is 14.2 Å². The Kier molecular flexibility index (Phi) is 3.66. The first kappa shape index (κ1) is 17.3. The third-order valence-corrected chi connectivity index (χ3v) is 5.36. The Hall–Kier alpha value is -3.77. The summed E-state index contributed by atoms with van der Waals surface area (Å²) >= 11 is 0. The molecule has 6 heteroatoms. The fraction of sp³-hybridized carbons (Fsp3) is 0.0870. The maximum absolute atomic E-state index is 13.2. The molecule has 0 saturated carbocycles. The fourth-order valence-electron chi connectivity index (χ4n) is 3.98. The van der Waals surface area contributed by atoms with Crippen LogP contribution in [0, 0.1) is 0 Å². The minimum Gasteiger partial charge on any atom is -0.507 e.